The quantitative estimate of drug-likeness (QED) is 0.912. The van der Waals surface area contributed by atoms with Crippen LogP contribution in [-0.4, -0.2) is 45.6 Å². The van der Waals surface area contributed by atoms with Crippen LogP contribution in [0, 0.1) is 19.8 Å². The summed E-state index contributed by atoms with van der Waals surface area (Å²) in [5.74, 6) is 0.116. The summed E-state index contributed by atoms with van der Waals surface area (Å²) in [5.41, 5.74) is 1.91. The van der Waals surface area contributed by atoms with Gasteiger partial charge in [-0.2, -0.15) is 5.10 Å². The van der Waals surface area contributed by atoms with Crippen LogP contribution in [0.1, 0.15) is 43.5 Å². The number of carbonyl (C=O) groups excluding carboxylic acids is 2. The maximum absolute atomic E-state index is 12.4. The number of amides is 2. The van der Waals surface area contributed by atoms with E-state index in [9.17, 15) is 9.59 Å². The van der Waals surface area contributed by atoms with Gasteiger partial charge in [-0.15, -0.1) is 0 Å². The van der Waals surface area contributed by atoms with Crippen LogP contribution in [-0.2, 0) is 16.1 Å². The topological polar surface area (TPSA) is 67.2 Å². The Balaban J connectivity index is 1.51. The largest absolute Gasteiger partial charge is 0.353 e. The summed E-state index contributed by atoms with van der Waals surface area (Å²) in [6.45, 7) is 5.34. The first kappa shape index (κ1) is 16.0. The molecule has 6 nitrogen and oxygen atoms in total. The maximum Gasteiger partial charge on any atom is 0.244 e. The highest BCUT2D eigenvalue weighted by Crippen LogP contribution is 2.21. The molecule has 2 aliphatic rings. The van der Waals surface area contributed by atoms with Crippen LogP contribution >= 0.6 is 0 Å². The number of nitrogens with zero attached hydrogens (tertiary/aromatic N) is 3. The fourth-order valence-electron chi connectivity index (χ4n) is 3.65. The van der Waals surface area contributed by atoms with Crippen LogP contribution in [0.3, 0.4) is 0 Å². The summed E-state index contributed by atoms with van der Waals surface area (Å²) in [4.78, 5) is 26.5. The van der Waals surface area contributed by atoms with Crippen LogP contribution < -0.4 is 5.32 Å². The minimum Gasteiger partial charge on any atom is -0.353 e. The molecule has 1 aliphatic heterocycles. The van der Waals surface area contributed by atoms with Crippen molar-refractivity contribution in [3.05, 3.63) is 17.5 Å². The molecule has 1 N–H and O–H groups in total. The zero-order valence-electron chi connectivity index (χ0n) is 14.0. The van der Waals surface area contributed by atoms with E-state index in [0.717, 1.165) is 30.7 Å². The van der Waals surface area contributed by atoms with Crippen molar-refractivity contribution in [1.29, 1.82) is 0 Å². The Labute approximate surface area is 137 Å². The van der Waals surface area contributed by atoms with E-state index in [0.29, 0.717) is 19.1 Å². The summed E-state index contributed by atoms with van der Waals surface area (Å²) >= 11 is 0. The van der Waals surface area contributed by atoms with Gasteiger partial charge in [-0.1, -0.05) is 12.8 Å². The average Bonchev–Trinajstić information content (AvgIpc) is 3.21. The number of rotatable bonds is 4. The van der Waals surface area contributed by atoms with E-state index < -0.39 is 0 Å². The third kappa shape index (κ3) is 3.74. The van der Waals surface area contributed by atoms with Gasteiger partial charge in [-0.3, -0.25) is 14.3 Å². The van der Waals surface area contributed by atoms with Gasteiger partial charge in [0, 0.05) is 24.8 Å². The summed E-state index contributed by atoms with van der Waals surface area (Å²) in [6.07, 6.45) is 5.38. The third-order valence-electron chi connectivity index (χ3n) is 5.00. The number of aryl methyl sites for hydroxylation is 2. The zero-order valence-corrected chi connectivity index (χ0v) is 14.0. The third-order valence-corrected chi connectivity index (χ3v) is 5.00. The minimum atomic E-state index is -0.0556. The lowest BCUT2D eigenvalue weighted by Crippen LogP contribution is -2.39. The maximum atomic E-state index is 12.4. The average molecular weight is 318 g/mol. The molecule has 0 bridgehead atoms. The van der Waals surface area contributed by atoms with Crippen molar-refractivity contribution in [1.82, 2.24) is 20.0 Å². The number of hydrogen-bond donors (Lipinski definition) is 1. The molecule has 1 aliphatic carbocycles. The molecule has 23 heavy (non-hydrogen) atoms. The van der Waals surface area contributed by atoms with E-state index in [4.69, 9.17) is 0 Å². The molecule has 1 saturated heterocycles. The van der Waals surface area contributed by atoms with Crippen molar-refractivity contribution in [3.63, 3.8) is 0 Å². The van der Waals surface area contributed by atoms with Crippen LogP contribution in [0.4, 0.5) is 0 Å². The van der Waals surface area contributed by atoms with Gasteiger partial charge in [0.1, 0.15) is 6.54 Å². The Hall–Kier alpha value is -1.85. The van der Waals surface area contributed by atoms with Crippen molar-refractivity contribution < 1.29 is 9.59 Å². The first-order valence-corrected chi connectivity index (χ1v) is 8.62. The van der Waals surface area contributed by atoms with E-state index in [1.54, 1.807) is 9.58 Å². The minimum absolute atomic E-state index is 0.0485. The molecule has 0 aromatic carbocycles. The first-order chi connectivity index (χ1) is 11.0. The van der Waals surface area contributed by atoms with Crippen molar-refractivity contribution in [3.8, 4) is 0 Å². The molecular formula is C17H26N4O2. The lowest BCUT2D eigenvalue weighted by Gasteiger charge is -2.18. The van der Waals surface area contributed by atoms with Crippen molar-refractivity contribution in [2.75, 3.05) is 13.1 Å². The summed E-state index contributed by atoms with van der Waals surface area (Å²) in [5, 5.41) is 7.48. The standard InChI is InChI=1S/C17H26N4O2/c1-12-9-13(2)21(19-12)11-16(22)20-8-7-14(10-20)17(23)18-15-5-3-4-6-15/h9,14-15H,3-8,10-11H2,1-2H3,(H,18,23)/t14-/m0/s1. The molecule has 2 amide bonds. The number of aromatic nitrogens is 2. The second-order valence-corrected chi connectivity index (χ2v) is 6.90. The highest BCUT2D eigenvalue weighted by Gasteiger charge is 2.32. The SMILES string of the molecule is Cc1cc(C)n(CC(=O)N2CC[C@H](C(=O)NC3CCCC3)C2)n1. The van der Waals surface area contributed by atoms with E-state index >= 15 is 0 Å². The molecule has 2 fully saturated rings. The van der Waals surface area contributed by atoms with Gasteiger partial charge in [0.05, 0.1) is 11.6 Å². The Morgan fingerprint density at radius 2 is 2.00 bits per heavy atom. The van der Waals surface area contributed by atoms with Crippen LogP contribution in [0.2, 0.25) is 0 Å². The summed E-state index contributed by atoms with van der Waals surface area (Å²) in [7, 11) is 0. The smallest absolute Gasteiger partial charge is 0.244 e. The highest BCUT2D eigenvalue weighted by molar-refractivity contribution is 5.82. The summed E-state index contributed by atoms with van der Waals surface area (Å²) in [6, 6.07) is 2.32. The molecule has 0 radical (unpaired) electrons. The van der Waals surface area contributed by atoms with E-state index in [2.05, 4.69) is 10.4 Å². The molecule has 0 unspecified atom stereocenters. The number of carbonyl (C=O) groups is 2. The lowest BCUT2D eigenvalue weighted by molar-refractivity contribution is -0.131. The number of hydrogen-bond acceptors (Lipinski definition) is 3. The molecule has 1 atom stereocenters. The van der Waals surface area contributed by atoms with Crippen LogP contribution in [0.15, 0.2) is 6.07 Å². The van der Waals surface area contributed by atoms with Gasteiger partial charge >= 0.3 is 0 Å². The fourth-order valence-corrected chi connectivity index (χ4v) is 3.65. The van der Waals surface area contributed by atoms with E-state index in [1.165, 1.54) is 12.8 Å². The second kappa shape index (κ2) is 6.72. The van der Waals surface area contributed by atoms with Gasteiger partial charge in [-0.25, -0.2) is 0 Å². The lowest BCUT2D eigenvalue weighted by atomic mass is 10.1. The molecule has 1 aromatic rings. The molecule has 0 spiro atoms. The Kier molecular flexibility index (Phi) is 4.68. The Bertz CT molecular complexity index is 589. The van der Waals surface area contributed by atoms with Gasteiger partial charge in [0.15, 0.2) is 0 Å². The van der Waals surface area contributed by atoms with Crippen molar-refractivity contribution in [2.45, 2.75) is 58.5 Å². The van der Waals surface area contributed by atoms with Crippen molar-refractivity contribution >= 4 is 11.8 Å². The van der Waals surface area contributed by atoms with Gasteiger partial charge in [0.25, 0.3) is 0 Å². The van der Waals surface area contributed by atoms with E-state index in [1.807, 2.05) is 19.9 Å². The Morgan fingerprint density at radius 1 is 1.26 bits per heavy atom. The molecule has 6 heteroatoms. The molecule has 3 rings (SSSR count). The van der Waals surface area contributed by atoms with E-state index in [-0.39, 0.29) is 24.3 Å². The Morgan fingerprint density at radius 3 is 2.65 bits per heavy atom. The normalized spacial score (nSPS) is 21.8. The highest BCUT2D eigenvalue weighted by atomic mass is 16.2. The zero-order chi connectivity index (χ0) is 16.4. The molecule has 1 saturated carbocycles. The van der Waals surface area contributed by atoms with Crippen LogP contribution in [0.25, 0.3) is 0 Å². The summed E-state index contributed by atoms with van der Waals surface area (Å²) < 4.78 is 1.74. The van der Waals surface area contributed by atoms with Crippen LogP contribution in [0.5, 0.6) is 0 Å². The van der Waals surface area contributed by atoms with Gasteiger partial charge in [-0.05, 0) is 39.2 Å². The number of nitrogens with one attached hydrogen (secondary N) is 1. The van der Waals surface area contributed by atoms with Crippen molar-refractivity contribution in [2.24, 2.45) is 5.92 Å². The predicted octanol–water partition coefficient (Wildman–Crippen LogP) is 1.41. The van der Waals surface area contributed by atoms with Gasteiger partial charge < -0.3 is 10.2 Å². The monoisotopic (exact) mass is 318 g/mol. The molecule has 126 valence electrons. The molecule has 2 heterocycles. The number of likely N-dealkylation sites (tertiary alicyclic amines) is 1. The van der Waals surface area contributed by atoms with Gasteiger partial charge in [0.2, 0.25) is 11.8 Å². The molecule has 1 aromatic heterocycles. The first-order valence-electron chi connectivity index (χ1n) is 8.62. The second-order valence-electron chi connectivity index (χ2n) is 6.90. The molecular weight excluding hydrogens is 292 g/mol. The fraction of sp³-hybridized carbons (Fsp3) is 0.706. The predicted molar refractivity (Wildman–Crippen MR) is 86.8 cm³/mol.